The quantitative estimate of drug-likeness (QED) is 0.563. The first-order valence-corrected chi connectivity index (χ1v) is 7.93. The van der Waals surface area contributed by atoms with Gasteiger partial charge in [-0.05, 0) is 17.7 Å². The SMILES string of the molecule is COc1ccccc1C=Cc1ccccc1OCc1ccccc1. The lowest BCUT2D eigenvalue weighted by Crippen LogP contribution is -1.96. The van der Waals surface area contributed by atoms with Gasteiger partial charge in [-0.15, -0.1) is 0 Å². The number of ether oxygens (including phenoxy) is 2. The molecule has 0 heterocycles. The van der Waals surface area contributed by atoms with Crippen molar-refractivity contribution in [2.75, 3.05) is 7.11 Å². The molecule has 0 aromatic heterocycles. The summed E-state index contributed by atoms with van der Waals surface area (Å²) in [6, 6.07) is 26.2. The molecule has 0 saturated heterocycles. The summed E-state index contributed by atoms with van der Waals surface area (Å²) >= 11 is 0. The van der Waals surface area contributed by atoms with E-state index in [-0.39, 0.29) is 0 Å². The molecule has 0 spiro atoms. The normalized spacial score (nSPS) is 10.7. The Labute approximate surface area is 143 Å². The fourth-order valence-electron chi connectivity index (χ4n) is 2.47. The molecule has 0 atom stereocenters. The number of hydrogen-bond acceptors (Lipinski definition) is 2. The van der Waals surface area contributed by atoms with Crippen molar-refractivity contribution in [1.29, 1.82) is 0 Å². The monoisotopic (exact) mass is 316 g/mol. The molecular weight excluding hydrogens is 296 g/mol. The van der Waals surface area contributed by atoms with E-state index in [0.717, 1.165) is 28.2 Å². The first-order valence-electron chi connectivity index (χ1n) is 7.93. The molecule has 24 heavy (non-hydrogen) atoms. The van der Waals surface area contributed by atoms with E-state index in [2.05, 4.69) is 18.2 Å². The average Bonchev–Trinajstić information content (AvgIpc) is 2.66. The molecule has 0 aliphatic rings. The fourth-order valence-corrected chi connectivity index (χ4v) is 2.47. The molecule has 0 radical (unpaired) electrons. The van der Waals surface area contributed by atoms with Crippen LogP contribution in [0.1, 0.15) is 16.7 Å². The van der Waals surface area contributed by atoms with Gasteiger partial charge in [-0.25, -0.2) is 0 Å². The van der Waals surface area contributed by atoms with Crippen LogP contribution >= 0.6 is 0 Å². The van der Waals surface area contributed by atoms with Crippen LogP contribution in [0.5, 0.6) is 11.5 Å². The van der Waals surface area contributed by atoms with Crippen molar-refractivity contribution < 1.29 is 9.47 Å². The second kappa shape index (κ2) is 8.02. The number of methoxy groups -OCH3 is 1. The minimum absolute atomic E-state index is 0.556. The van der Waals surface area contributed by atoms with Crippen LogP contribution in [0, 0.1) is 0 Å². The van der Waals surface area contributed by atoms with Gasteiger partial charge in [-0.1, -0.05) is 78.9 Å². The van der Waals surface area contributed by atoms with Gasteiger partial charge in [0.15, 0.2) is 0 Å². The Morgan fingerprint density at radius 2 is 1.21 bits per heavy atom. The van der Waals surface area contributed by atoms with Gasteiger partial charge in [0.25, 0.3) is 0 Å². The molecular formula is C22H20O2. The summed E-state index contributed by atoms with van der Waals surface area (Å²) in [6.07, 6.45) is 4.10. The minimum Gasteiger partial charge on any atom is -0.496 e. The van der Waals surface area contributed by atoms with Gasteiger partial charge < -0.3 is 9.47 Å². The minimum atomic E-state index is 0.556. The van der Waals surface area contributed by atoms with Crippen molar-refractivity contribution >= 4 is 12.2 Å². The smallest absolute Gasteiger partial charge is 0.127 e. The second-order valence-electron chi connectivity index (χ2n) is 5.39. The summed E-state index contributed by atoms with van der Waals surface area (Å²) in [6.45, 7) is 0.556. The molecule has 3 rings (SSSR count). The highest BCUT2D eigenvalue weighted by Crippen LogP contribution is 2.24. The number of benzene rings is 3. The Morgan fingerprint density at radius 3 is 1.88 bits per heavy atom. The molecule has 0 unspecified atom stereocenters. The van der Waals surface area contributed by atoms with E-state index in [0.29, 0.717) is 6.61 Å². The van der Waals surface area contributed by atoms with Crippen molar-refractivity contribution in [3.05, 3.63) is 95.6 Å². The predicted octanol–water partition coefficient (Wildman–Crippen LogP) is 5.44. The third kappa shape index (κ3) is 4.05. The highest BCUT2D eigenvalue weighted by Gasteiger charge is 2.02. The lowest BCUT2D eigenvalue weighted by Gasteiger charge is -2.09. The fraction of sp³-hybridized carbons (Fsp3) is 0.0909. The van der Waals surface area contributed by atoms with Crippen LogP contribution in [0.3, 0.4) is 0 Å². The maximum atomic E-state index is 5.99. The molecule has 0 aliphatic carbocycles. The highest BCUT2D eigenvalue weighted by molar-refractivity contribution is 5.74. The van der Waals surface area contributed by atoms with E-state index in [9.17, 15) is 0 Å². The molecule has 2 nitrogen and oxygen atoms in total. The third-order valence-corrected chi connectivity index (χ3v) is 3.74. The Hall–Kier alpha value is -3.00. The molecule has 120 valence electrons. The second-order valence-corrected chi connectivity index (χ2v) is 5.39. The highest BCUT2D eigenvalue weighted by atomic mass is 16.5. The maximum Gasteiger partial charge on any atom is 0.127 e. The zero-order chi connectivity index (χ0) is 16.6. The zero-order valence-electron chi connectivity index (χ0n) is 13.7. The number of hydrogen-bond donors (Lipinski definition) is 0. The van der Waals surface area contributed by atoms with Gasteiger partial charge in [0.1, 0.15) is 18.1 Å². The summed E-state index contributed by atoms with van der Waals surface area (Å²) in [5.41, 5.74) is 3.23. The summed E-state index contributed by atoms with van der Waals surface area (Å²) < 4.78 is 11.4. The van der Waals surface area contributed by atoms with Crippen molar-refractivity contribution in [2.24, 2.45) is 0 Å². The number of para-hydroxylation sites is 2. The molecule has 0 aliphatic heterocycles. The average molecular weight is 316 g/mol. The largest absolute Gasteiger partial charge is 0.496 e. The topological polar surface area (TPSA) is 18.5 Å². The van der Waals surface area contributed by atoms with Crippen LogP contribution in [0.2, 0.25) is 0 Å². The molecule has 0 bridgehead atoms. The van der Waals surface area contributed by atoms with Crippen molar-refractivity contribution in [2.45, 2.75) is 6.61 Å². The molecule has 0 fully saturated rings. The van der Waals surface area contributed by atoms with Gasteiger partial charge in [0.05, 0.1) is 7.11 Å². The molecule has 2 heteroatoms. The van der Waals surface area contributed by atoms with Crippen LogP contribution < -0.4 is 9.47 Å². The van der Waals surface area contributed by atoms with Gasteiger partial charge in [0.2, 0.25) is 0 Å². The van der Waals surface area contributed by atoms with Crippen molar-refractivity contribution in [3.63, 3.8) is 0 Å². The molecule has 0 N–H and O–H groups in total. The van der Waals surface area contributed by atoms with E-state index in [1.165, 1.54) is 0 Å². The Morgan fingerprint density at radius 1 is 0.667 bits per heavy atom. The van der Waals surface area contributed by atoms with Crippen LogP contribution in [-0.4, -0.2) is 7.11 Å². The zero-order valence-corrected chi connectivity index (χ0v) is 13.7. The van der Waals surface area contributed by atoms with E-state index < -0.39 is 0 Å². The Bertz CT molecular complexity index is 807. The summed E-state index contributed by atoms with van der Waals surface area (Å²) in [7, 11) is 1.68. The lowest BCUT2D eigenvalue weighted by atomic mass is 10.1. The Kier molecular flexibility index (Phi) is 5.31. The third-order valence-electron chi connectivity index (χ3n) is 3.74. The number of rotatable bonds is 6. The van der Waals surface area contributed by atoms with Crippen LogP contribution in [0.15, 0.2) is 78.9 Å². The van der Waals surface area contributed by atoms with Crippen LogP contribution in [0.25, 0.3) is 12.2 Å². The van der Waals surface area contributed by atoms with Crippen LogP contribution in [0.4, 0.5) is 0 Å². The predicted molar refractivity (Wildman–Crippen MR) is 99.1 cm³/mol. The first kappa shape index (κ1) is 15.9. The molecule has 3 aromatic rings. The Balaban J connectivity index is 1.78. The first-order chi connectivity index (χ1) is 11.9. The summed E-state index contributed by atoms with van der Waals surface area (Å²) in [5.74, 6) is 1.73. The maximum absolute atomic E-state index is 5.99. The van der Waals surface area contributed by atoms with Gasteiger partial charge >= 0.3 is 0 Å². The van der Waals surface area contributed by atoms with Gasteiger partial charge in [0, 0.05) is 11.1 Å². The van der Waals surface area contributed by atoms with E-state index in [4.69, 9.17) is 9.47 Å². The molecule has 0 amide bonds. The van der Waals surface area contributed by atoms with E-state index in [1.54, 1.807) is 7.11 Å². The van der Waals surface area contributed by atoms with Gasteiger partial charge in [-0.3, -0.25) is 0 Å². The van der Waals surface area contributed by atoms with Crippen LogP contribution in [-0.2, 0) is 6.61 Å². The van der Waals surface area contributed by atoms with Gasteiger partial charge in [-0.2, -0.15) is 0 Å². The standard InChI is InChI=1S/C22H20O2/c1-23-21-13-7-5-11-19(21)15-16-20-12-6-8-14-22(20)24-17-18-9-3-2-4-10-18/h2-16H,17H2,1H3. The van der Waals surface area contributed by atoms with Crippen molar-refractivity contribution in [1.82, 2.24) is 0 Å². The van der Waals surface area contributed by atoms with E-state index in [1.807, 2.05) is 72.8 Å². The summed E-state index contributed by atoms with van der Waals surface area (Å²) in [5, 5.41) is 0. The van der Waals surface area contributed by atoms with Crippen molar-refractivity contribution in [3.8, 4) is 11.5 Å². The molecule has 3 aromatic carbocycles. The summed E-state index contributed by atoms with van der Waals surface area (Å²) in [4.78, 5) is 0. The van der Waals surface area contributed by atoms with E-state index >= 15 is 0 Å². The molecule has 0 saturated carbocycles. The lowest BCUT2D eigenvalue weighted by molar-refractivity contribution is 0.305.